The summed E-state index contributed by atoms with van der Waals surface area (Å²) in [5.41, 5.74) is 2.21. The lowest BCUT2D eigenvalue weighted by Gasteiger charge is -2.17. The Labute approximate surface area is 101 Å². The highest BCUT2D eigenvalue weighted by atomic mass is 16.5. The minimum atomic E-state index is -0.126. The molecule has 2 aliphatic heterocycles. The Morgan fingerprint density at radius 1 is 1.29 bits per heavy atom. The highest BCUT2D eigenvalue weighted by Crippen LogP contribution is 2.41. The summed E-state index contributed by atoms with van der Waals surface area (Å²) >= 11 is 0. The molecular weight excluding hydrogens is 216 g/mol. The van der Waals surface area contributed by atoms with Crippen LogP contribution in [0.2, 0.25) is 0 Å². The fraction of sp³-hybridized carbons (Fsp3) is 0.500. The van der Waals surface area contributed by atoms with Gasteiger partial charge in [-0.15, -0.1) is 0 Å². The molecule has 3 nitrogen and oxygen atoms in total. The average Bonchev–Trinajstić information content (AvgIpc) is 2.73. The second kappa shape index (κ2) is 3.76. The van der Waals surface area contributed by atoms with Gasteiger partial charge in [0.1, 0.15) is 17.6 Å². The van der Waals surface area contributed by atoms with Crippen LogP contribution in [0.15, 0.2) is 12.1 Å². The van der Waals surface area contributed by atoms with Gasteiger partial charge in [0.15, 0.2) is 0 Å². The molecule has 0 unspecified atom stereocenters. The van der Waals surface area contributed by atoms with Crippen LogP contribution in [0.4, 0.5) is 0 Å². The number of carbonyl (C=O) groups is 1. The van der Waals surface area contributed by atoms with Gasteiger partial charge in [0.25, 0.3) is 0 Å². The van der Waals surface area contributed by atoms with Crippen LogP contribution < -0.4 is 9.47 Å². The van der Waals surface area contributed by atoms with E-state index in [-0.39, 0.29) is 12.1 Å². The lowest BCUT2D eigenvalue weighted by atomic mass is 9.97. The molecular formula is C14H16O3. The van der Waals surface area contributed by atoms with Crippen molar-refractivity contribution < 1.29 is 14.3 Å². The highest BCUT2D eigenvalue weighted by Gasteiger charge is 2.31. The minimum Gasteiger partial charge on any atom is -0.489 e. The molecule has 2 heterocycles. The third-order valence-corrected chi connectivity index (χ3v) is 3.54. The molecule has 0 bridgehead atoms. The van der Waals surface area contributed by atoms with E-state index in [9.17, 15) is 4.79 Å². The van der Waals surface area contributed by atoms with Gasteiger partial charge < -0.3 is 9.47 Å². The van der Waals surface area contributed by atoms with Crippen molar-refractivity contribution in [3.8, 4) is 11.5 Å². The molecule has 17 heavy (non-hydrogen) atoms. The minimum absolute atomic E-state index is 0.126. The van der Waals surface area contributed by atoms with Gasteiger partial charge in [-0.1, -0.05) is 19.9 Å². The third kappa shape index (κ3) is 1.70. The smallest absolute Gasteiger partial charge is 0.311 e. The molecule has 1 atom stereocenters. The van der Waals surface area contributed by atoms with Crippen LogP contribution in [-0.4, -0.2) is 12.1 Å². The van der Waals surface area contributed by atoms with Gasteiger partial charge in [0.2, 0.25) is 0 Å². The maximum absolute atomic E-state index is 11.4. The zero-order valence-corrected chi connectivity index (χ0v) is 10.2. The quantitative estimate of drug-likeness (QED) is 0.551. The van der Waals surface area contributed by atoms with Crippen LogP contribution >= 0.6 is 0 Å². The summed E-state index contributed by atoms with van der Waals surface area (Å²) in [5.74, 6) is 2.00. The van der Waals surface area contributed by atoms with Crippen molar-refractivity contribution in [2.45, 2.75) is 39.2 Å². The number of ether oxygens (including phenoxy) is 2. The van der Waals surface area contributed by atoms with Crippen LogP contribution in [0.5, 0.6) is 11.5 Å². The third-order valence-electron chi connectivity index (χ3n) is 3.54. The maximum atomic E-state index is 11.4. The predicted molar refractivity (Wildman–Crippen MR) is 63.4 cm³/mol. The molecule has 1 aromatic rings. The first kappa shape index (κ1) is 10.6. The molecule has 2 aliphatic rings. The molecule has 90 valence electrons. The number of rotatable bonds is 1. The Balaban J connectivity index is 2.00. The van der Waals surface area contributed by atoms with Crippen molar-refractivity contribution in [2.24, 2.45) is 5.92 Å². The summed E-state index contributed by atoms with van der Waals surface area (Å²) in [6.07, 6.45) is 2.33. The molecule has 0 fully saturated rings. The van der Waals surface area contributed by atoms with E-state index >= 15 is 0 Å². The second-order valence-corrected chi connectivity index (χ2v) is 5.11. The molecule has 0 radical (unpaired) electrons. The summed E-state index contributed by atoms with van der Waals surface area (Å²) in [6, 6.07) is 4.03. The SMILES string of the molecule is CC(C)[C@@H]1Cc2c(ccc3c2OC(=O)CC3)O1. The first-order valence-electron chi connectivity index (χ1n) is 6.17. The van der Waals surface area contributed by atoms with Crippen LogP contribution in [0.1, 0.15) is 31.4 Å². The first-order chi connectivity index (χ1) is 8.15. The summed E-state index contributed by atoms with van der Waals surface area (Å²) in [7, 11) is 0. The molecule has 0 amide bonds. The molecule has 3 rings (SSSR count). The van der Waals surface area contributed by atoms with E-state index in [1.165, 1.54) is 0 Å². The largest absolute Gasteiger partial charge is 0.489 e. The molecule has 0 aliphatic carbocycles. The van der Waals surface area contributed by atoms with E-state index in [4.69, 9.17) is 9.47 Å². The monoisotopic (exact) mass is 232 g/mol. The highest BCUT2D eigenvalue weighted by molar-refractivity contribution is 5.76. The van der Waals surface area contributed by atoms with Crippen LogP contribution in [0, 0.1) is 5.92 Å². The topological polar surface area (TPSA) is 35.5 Å². The summed E-state index contributed by atoms with van der Waals surface area (Å²) in [4.78, 5) is 11.4. The van der Waals surface area contributed by atoms with Crippen LogP contribution in [0.25, 0.3) is 0 Å². The Kier molecular flexibility index (Phi) is 2.35. The zero-order chi connectivity index (χ0) is 12.0. The molecule has 0 N–H and O–H groups in total. The molecule has 1 aromatic carbocycles. The molecule has 3 heteroatoms. The summed E-state index contributed by atoms with van der Waals surface area (Å²) in [5, 5.41) is 0. The van der Waals surface area contributed by atoms with E-state index in [1.807, 2.05) is 12.1 Å². The number of hydrogen-bond donors (Lipinski definition) is 0. The fourth-order valence-electron chi connectivity index (χ4n) is 2.47. The Bertz CT molecular complexity index is 477. The number of aryl methyl sites for hydroxylation is 1. The van der Waals surface area contributed by atoms with Gasteiger partial charge in [-0.25, -0.2) is 0 Å². The van der Waals surface area contributed by atoms with Crippen molar-refractivity contribution in [1.82, 2.24) is 0 Å². The molecule has 0 saturated carbocycles. The van der Waals surface area contributed by atoms with Crippen molar-refractivity contribution in [3.63, 3.8) is 0 Å². The maximum Gasteiger partial charge on any atom is 0.311 e. The Morgan fingerprint density at radius 3 is 2.88 bits per heavy atom. The van der Waals surface area contributed by atoms with Gasteiger partial charge in [-0.2, -0.15) is 0 Å². The fourth-order valence-corrected chi connectivity index (χ4v) is 2.47. The molecule has 0 aromatic heterocycles. The average molecular weight is 232 g/mol. The Morgan fingerprint density at radius 2 is 2.12 bits per heavy atom. The van der Waals surface area contributed by atoms with E-state index in [2.05, 4.69) is 13.8 Å². The first-order valence-corrected chi connectivity index (χ1v) is 6.17. The number of fused-ring (bicyclic) bond motifs is 3. The van der Waals surface area contributed by atoms with E-state index in [1.54, 1.807) is 0 Å². The number of hydrogen-bond acceptors (Lipinski definition) is 3. The van der Waals surface area contributed by atoms with Gasteiger partial charge in [0, 0.05) is 12.0 Å². The Hall–Kier alpha value is -1.51. The molecule has 0 saturated heterocycles. The van der Waals surface area contributed by atoms with Gasteiger partial charge in [-0.3, -0.25) is 4.79 Å². The van der Waals surface area contributed by atoms with Crippen molar-refractivity contribution in [1.29, 1.82) is 0 Å². The van der Waals surface area contributed by atoms with Crippen molar-refractivity contribution >= 4 is 5.97 Å². The van der Waals surface area contributed by atoms with Crippen molar-refractivity contribution in [3.05, 3.63) is 23.3 Å². The number of esters is 1. The molecule has 0 spiro atoms. The zero-order valence-electron chi connectivity index (χ0n) is 10.2. The normalized spacial score (nSPS) is 21.8. The van der Waals surface area contributed by atoms with E-state index < -0.39 is 0 Å². The van der Waals surface area contributed by atoms with Crippen LogP contribution in [-0.2, 0) is 17.6 Å². The predicted octanol–water partition coefficient (Wildman–Crippen LogP) is 2.50. The summed E-state index contributed by atoms with van der Waals surface area (Å²) in [6.45, 7) is 4.30. The number of carbonyl (C=O) groups excluding carboxylic acids is 1. The van der Waals surface area contributed by atoms with Crippen molar-refractivity contribution in [2.75, 3.05) is 0 Å². The van der Waals surface area contributed by atoms with Crippen LogP contribution in [0.3, 0.4) is 0 Å². The lowest BCUT2D eigenvalue weighted by molar-refractivity contribution is -0.135. The van der Waals surface area contributed by atoms with Gasteiger partial charge in [-0.05, 0) is 24.0 Å². The number of benzene rings is 1. The second-order valence-electron chi connectivity index (χ2n) is 5.11. The standard InChI is InChI=1S/C14H16O3/c1-8(2)12-7-10-11(16-12)5-3-9-4-6-13(15)17-14(9)10/h3,5,8,12H,4,6-7H2,1-2H3/t12-/m0/s1. The van der Waals surface area contributed by atoms with E-state index in [0.29, 0.717) is 12.3 Å². The lowest BCUT2D eigenvalue weighted by Crippen LogP contribution is -2.20. The van der Waals surface area contributed by atoms with E-state index in [0.717, 1.165) is 35.5 Å². The van der Waals surface area contributed by atoms with Gasteiger partial charge in [0.05, 0.1) is 6.42 Å². The van der Waals surface area contributed by atoms with Gasteiger partial charge >= 0.3 is 5.97 Å². The summed E-state index contributed by atoms with van der Waals surface area (Å²) < 4.78 is 11.3.